The number of esters is 1. The molecule has 0 unspecified atom stereocenters. The first-order valence-electron chi connectivity index (χ1n) is 9.61. The molecular formula is C20H30N2O4S. The average Bonchev–Trinajstić information content (AvgIpc) is 2.67. The van der Waals surface area contributed by atoms with Gasteiger partial charge in [0.15, 0.2) is 0 Å². The van der Waals surface area contributed by atoms with Gasteiger partial charge in [-0.2, -0.15) is 9.57 Å². The summed E-state index contributed by atoms with van der Waals surface area (Å²) in [6.07, 6.45) is 5.55. The lowest BCUT2D eigenvalue weighted by Gasteiger charge is -2.21. The minimum atomic E-state index is -3.54. The van der Waals surface area contributed by atoms with Crippen LogP contribution in [0.5, 0.6) is 0 Å². The maximum Gasteiger partial charge on any atom is 0.338 e. The largest absolute Gasteiger partial charge is 0.462 e. The molecule has 1 rings (SSSR count). The maximum absolute atomic E-state index is 12.7. The van der Waals surface area contributed by atoms with Gasteiger partial charge >= 0.3 is 5.97 Å². The van der Waals surface area contributed by atoms with Crippen LogP contribution in [0, 0.1) is 11.3 Å². The minimum Gasteiger partial charge on any atom is -0.462 e. The summed E-state index contributed by atoms with van der Waals surface area (Å²) in [4.78, 5) is 12.2. The van der Waals surface area contributed by atoms with Crippen molar-refractivity contribution in [1.82, 2.24) is 4.31 Å². The summed E-state index contributed by atoms with van der Waals surface area (Å²) in [7, 11) is -3.54. The van der Waals surface area contributed by atoms with Crippen molar-refractivity contribution in [2.45, 2.75) is 63.7 Å². The summed E-state index contributed by atoms with van der Waals surface area (Å²) in [5.74, 6) is -0.449. The maximum atomic E-state index is 12.7. The van der Waals surface area contributed by atoms with Gasteiger partial charge in [0.05, 0.1) is 23.1 Å². The number of nitrogens with zero attached hydrogens (tertiary/aromatic N) is 2. The van der Waals surface area contributed by atoms with Crippen molar-refractivity contribution in [1.29, 1.82) is 5.26 Å². The van der Waals surface area contributed by atoms with Crippen LogP contribution in [0.3, 0.4) is 0 Å². The number of sulfonamides is 1. The van der Waals surface area contributed by atoms with E-state index in [1.165, 1.54) is 28.6 Å². The van der Waals surface area contributed by atoms with Crippen LogP contribution in [-0.2, 0) is 14.8 Å². The van der Waals surface area contributed by atoms with E-state index in [9.17, 15) is 13.2 Å². The highest BCUT2D eigenvalue weighted by Crippen LogP contribution is 2.18. The van der Waals surface area contributed by atoms with Crippen LogP contribution in [0.15, 0.2) is 29.2 Å². The van der Waals surface area contributed by atoms with Gasteiger partial charge in [0, 0.05) is 19.5 Å². The van der Waals surface area contributed by atoms with Gasteiger partial charge in [0.25, 0.3) is 0 Å². The molecule has 7 heteroatoms. The van der Waals surface area contributed by atoms with Crippen molar-refractivity contribution < 1.29 is 17.9 Å². The van der Waals surface area contributed by atoms with E-state index in [-0.39, 0.29) is 4.90 Å². The molecule has 150 valence electrons. The Bertz CT molecular complexity index is 702. The number of carbonyl (C=O) groups excluding carboxylic acids is 1. The zero-order valence-corrected chi connectivity index (χ0v) is 17.1. The first-order valence-corrected chi connectivity index (χ1v) is 11.1. The van der Waals surface area contributed by atoms with Crippen molar-refractivity contribution >= 4 is 16.0 Å². The van der Waals surface area contributed by atoms with Gasteiger partial charge in [-0.15, -0.1) is 0 Å². The molecule has 0 saturated heterocycles. The molecule has 0 aliphatic carbocycles. The molecule has 0 aromatic heterocycles. The van der Waals surface area contributed by atoms with E-state index in [1.54, 1.807) is 0 Å². The molecular weight excluding hydrogens is 364 g/mol. The first kappa shape index (κ1) is 23.1. The normalized spacial score (nSPS) is 11.3. The third kappa shape index (κ3) is 7.69. The van der Waals surface area contributed by atoms with Gasteiger partial charge in [0.2, 0.25) is 10.0 Å². The van der Waals surface area contributed by atoms with Crippen LogP contribution < -0.4 is 0 Å². The number of ether oxygens (including phenoxy) is 1. The fraction of sp³-hybridized carbons (Fsp3) is 0.600. The Hall–Kier alpha value is -1.91. The molecule has 1 aromatic carbocycles. The van der Waals surface area contributed by atoms with Gasteiger partial charge in [-0.25, -0.2) is 13.2 Å². The second-order valence-electron chi connectivity index (χ2n) is 6.39. The SMILES string of the molecule is CCCN(CCC)S(=O)(=O)c1ccc(C(=O)OCCCCCCC#N)cc1. The van der Waals surface area contributed by atoms with Crippen LogP contribution in [-0.4, -0.2) is 38.4 Å². The molecule has 1 aromatic rings. The van der Waals surface area contributed by atoms with Crippen molar-refractivity contribution in [3.63, 3.8) is 0 Å². The van der Waals surface area contributed by atoms with E-state index >= 15 is 0 Å². The highest BCUT2D eigenvalue weighted by molar-refractivity contribution is 7.89. The summed E-state index contributed by atoms with van der Waals surface area (Å²) in [6, 6.07) is 8.03. The predicted octanol–water partition coefficient (Wildman–Crippen LogP) is 4.13. The average molecular weight is 395 g/mol. The minimum absolute atomic E-state index is 0.193. The Morgan fingerprint density at radius 2 is 1.63 bits per heavy atom. The van der Waals surface area contributed by atoms with Crippen LogP contribution in [0.2, 0.25) is 0 Å². The number of hydrogen-bond acceptors (Lipinski definition) is 5. The van der Waals surface area contributed by atoms with Crippen molar-refractivity contribution in [3.8, 4) is 6.07 Å². The number of carbonyl (C=O) groups is 1. The lowest BCUT2D eigenvalue weighted by atomic mass is 10.1. The first-order chi connectivity index (χ1) is 13.0. The Morgan fingerprint density at radius 1 is 1.04 bits per heavy atom. The quantitative estimate of drug-likeness (QED) is 0.371. The summed E-state index contributed by atoms with van der Waals surface area (Å²) >= 11 is 0. The van der Waals surface area contributed by atoms with Gasteiger partial charge in [-0.05, 0) is 49.9 Å². The molecule has 0 heterocycles. The monoisotopic (exact) mass is 394 g/mol. The van der Waals surface area contributed by atoms with Crippen LogP contribution >= 0.6 is 0 Å². The fourth-order valence-corrected chi connectivity index (χ4v) is 4.29. The molecule has 0 bridgehead atoms. The van der Waals surface area contributed by atoms with Crippen molar-refractivity contribution in [2.24, 2.45) is 0 Å². The highest BCUT2D eigenvalue weighted by atomic mass is 32.2. The number of unbranched alkanes of at least 4 members (excludes halogenated alkanes) is 4. The van der Waals surface area contributed by atoms with E-state index in [0.717, 1.165) is 38.5 Å². The summed E-state index contributed by atoms with van der Waals surface area (Å²) < 4.78 is 32.1. The van der Waals surface area contributed by atoms with Gasteiger partial charge in [-0.1, -0.05) is 26.7 Å². The number of benzene rings is 1. The third-order valence-corrected chi connectivity index (χ3v) is 6.00. The van der Waals surface area contributed by atoms with Gasteiger partial charge < -0.3 is 4.74 Å². The predicted molar refractivity (Wildman–Crippen MR) is 105 cm³/mol. The number of rotatable bonds is 13. The van der Waals surface area contributed by atoms with Gasteiger partial charge in [-0.3, -0.25) is 0 Å². The summed E-state index contributed by atoms with van der Waals surface area (Å²) in [6.45, 7) is 5.18. The molecule has 0 amide bonds. The van der Waals surface area contributed by atoms with E-state index in [0.29, 0.717) is 31.7 Å². The molecule has 0 atom stereocenters. The Morgan fingerprint density at radius 3 is 2.19 bits per heavy atom. The van der Waals surface area contributed by atoms with E-state index in [2.05, 4.69) is 6.07 Å². The second kappa shape index (κ2) is 12.5. The molecule has 0 fully saturated rings. The fourth-order valence-electron chi connectivity index (χ4n) is 2.67. The lowest BCUT2D eigenvalue weighted by Crippen LogP contribution is -2.32. The van der Waals surface area contributed by atoms with Crippen LogP contribution in [0.4, 0.5) is 0 Å². The molecule has 27 heavy (non-hydrogen) atoms. The summed E-state index contributed by atoms with van der Waals surface area (Å²) in [5.41, 5.74) is 0.343. The summed E-state index contributed by atoms with van der Waals surface area (Å²) in [5, 5.41) is 8.46. The smallest absolute Gasteiger partial charge is 0.338 e. The number of hydrogen-bond donors (Lipinski definition) is 0. The molecule has 0 N–H and O–H groups in total. The standard InChI is InChI=1S/C20H30N2O4S/c1-3-15-22(16-4-2)27(24,25)19-12-10-18(11-13-19)20(23)26-17-9-7-5-6-8-14-21/h10-13H,3-9,15-17H2,1-2H3. The van der Waals surface area contributed by atoms with Gasteiger partial charge in [0.1, 0.15) is 0 Å². The van der Waals surface area contributed by atoms with E-state index < -0.39 is 16.0 Å². The molecule has 0 aliphatic rings. The Labute approximate surface area is 163 Å². The zero-order valence-electron chi connectivity index (χ0n) is 16.3. The molecule has 0 spiro atoms. The van der Waals surface area contributed by atoms with E-state index in [1.807, 2.05) is 13.8 Å². The number of nitriles is 1. The van der Waals surface area contributed by atoms with Crippen molar-refractivity contribution in [2.75, 3.05) is 19.7 Å². The molecule has 0 aliphatic heterocycles. The van der Waals surface area contributed by atoms with Crippen LogP contribution in [0.1, 0.15) is 69.2 Å². The van der Waals surface area contributed by atoms with Crippen molar-refractivity contribution in [3.05, 3.63) is 29.8 Å². The zero-order chi connectivity index (χ0) is 20.1. The van der Waals surface area contributed by atoms with Crippen LogP contribution in [0.25, 0.3) is 0 Å². The lowest BCUT2D eigenvalue weighted by molar-refractivity contribution is 0.0497. The molecule has 6 nitrogen and oxygen atoms in total. The molecule has 0 saturated carbocycles. The highest BCUT2D eigenvalue weighted by Gasteiger charge is 2.23. The second-order valence-corrected chi connectivity index (χ2v) is 8.32. The topological polar surface area (TPSA) is 87.5 Å². The molecule has 0 radical (unpaired) electrons. The van der Waals surface area contributed by atoms with E-state index in [4.69, 9.17) is 10.00 Å². The Balaban J connectivity index is 2.59. The Kier molecular flexibility index (Phi) is 10.7. The third-order valence-electron chi connectivity index (χ3n) is 4.09.